The molecule has 2 rings (SSSR count). The van der Waals surface area contributed by atoms with Crippen LogP contribution >= 0.6 is 0 Å². The molecule has 0 aliphatic heterocycles. The van der Waals surface area contributed by atoms with Gasteiger partial charge in [-0.2, -0.15) is 0 Å². The SMILES string of the molecule is CC(C)NCc1cc(F)ccc1N(C)CC1CC1C. The van der Waals surface area contributed by atoms with Gasteiger partial charge in [0.25, 0.3) is 0 Å². The zero-order valence-corrected chi connectivity index (χ0v) is 12.4. The number of hydrogen-bond donors (Lipinski definition) is 1. The van der Waals surface area contributed by atoms with Crippen LogP contribution in [-0.4, -0.2) is 19.6 Å². The average molecular weight is 264 g/mol. The summed E-state index contributed by atoms with van der Waals surface area (Å²) < 4.78 is 13.4. The van der Waals surface area contributed by atoms with Crippen LogP contribution in [0.4, 0.5) is 10.1 Å². The number of nitrogens with zero attached hydrogens (tertiary/aromatic N) is 1. The van der Waals surface area contributed by atoms with E-state index in [4.69, 9.17) is 0 Å². The molecule has 19 heavy (non-hydrogen) atoms. The Hall–Kier alpha value is -1.09. The van der Waals surface area contributed by atoms with Crippen LogP contribution in [0.1, 0.15) is 32.8 Å². The minimum Gasteiger partial charge on any atom is -0.374 e. The minimum atomic E-state index is -0.155. The van der Waals surface area contributed by atoms with Crippen LogP contribution in [0.2, 0.25) is 0 Å². The molecule has 2 atom stereocenters. The van der Waals surface area contributed by atoms with Gasteiger partial charge in [-0.15, -0.1) is 0 Å². The highest BCUT2D eigenvalue weighted by Gasteiger charge is 2.33. The number of anilines is 1. The Morgan fingerprint density at radius 1 is 1.42 bits per heavy atom. The Bertz CT molecular complexity index is 431. The third kappa shape index (κ3) is 3.93. The Morgan fingerprint density at radius 3 is 2.68 bits per heavy atom. The summed E-state index contributed by atoms with van der Waals surface area (Å²) in [6, 6.07) is 5.52. The third-order valence-electron chi connectivity index (χ3n) is 3.94. The van der Waals surface area contributed by atoms with Crippen molar-refractivity contribution in [3.8, 4) is 0 Å². The molecule has 1 aromatic carbocycles. The zero-order chi connectivity index (χ0) is 14.0. The standard InChI is InChI=1S/C16H25FN2/c1-11(2)18-9-13-8-15(17)5-6-16(13)19(4)10-14-7-12(14)3/h5-6,8,11-12,14,18H,7,9-10H2,1-4H3. The van der Waals surface area contributed by atoms with Crippen LogP contribution in [0, 0.1) is 17.7 Å². The lowest BCUT2D eigenvalue weighted by Crippen LogP contribution is -2.26. The molecular formula is C16H25FN2. The van der Waals surface area contributed by atoms with Gasteiger partial charge in [0.05, 0.1) is 0 Å². The normalized spacial score (nSPS) is 21.8. The molecule has 0 saturated heterocycles. The van der Waals surface area contributed by atoms with E-state index in [1.165, 1.54) is 6.42 Å². The van der Waals surface area contributed by atoms with Gasteiger partial charge in [-0.05, 0) is 42.0 Å². The summed E-state index contributed by atoms with van der Waals surface area (Å²) in [5.41, 5.74) is 2.19. The Labute approximate surface area is 116 Å². The van der Waals surface area contributed by atoms with Gasteiger partial charge in [-0.1, -0.05) is 20.8 Å². The van der Waals surface area contributed by atoms with Gasteiger partial charge < -0.3 is 10.2 Å². The molecular weight excluding hydrogens is 239 g/mol. The molecule has 0 heterocycles. The van der Waals surface area contributed by atoms with Crippen LogP contribution in [0.15, 0.2) is 18.2 Å². The fourth-order valence-corrected chi connectivity index (χ4v) is 2.49. The third-order valence-corrected chi connectivity index (χ3v) is 3.94. The van der Waals surface area contributed by atoms with E-state index >= 15 is 0 Å². The van der Waals surface area contributed by atoms with Crippen molar-refractivity contribution < 1.29 is 4.39 Å². The summed E-state index contributed by atoms with van der Waals surface area (Å²) in [6.45, 7) is 8.30. The minimum absolute atomic E-state index is 0.155. The van der Waals surface area contributed by atoms with Crippen molar-refractivity contribution in [2.45, 2.75) is 39.8 Å². The number of benzene rings is 1. The summed E-state index contributed by atoms with van der Waals surface area (Å²) in [6.07, 6.45) is 1.32. The molecule has 2 unspecified atom stereocenters. The smallest absolute Gasteiger partial charge is 0.123 e. The van der Waals surface area contributed by atoms with Crippen molar-refractivity contribution in [2.24, 2.45) is 11.8 Å². The van der Waals surface area contributed by atoms with Gasteiger partial charge in [-0.25, -0.2) is 4.39 Å². The van der Waals surface area contributed by atoms with E-state index in [0.29, 0.717) is 6.04 Å². The van der Waals surface area contributed by atoms with Crippen molar-refractivity contribution in [1.82, 2.24) is 5.32 Å². The van der Waals surface area contributed by atoms with Gasteiger partial charge in [0.15, 0.2) is 0 Å². The summed E-state index contributed by atoms with van der Waals surface area (Å²) in [5, 5.41) is 3.37. The van der Waals surface area contributed by atoms with Crippen molar-refractivity contribution in [3.05, 3.63) is 29.6 Å². The van der Waals surface area contributed by atoms with Crippen LogP contribution in [-0.2, 0) is 6.54 Å². The molecule has 106 valence electrons. The topological polar surface area (TPSA) is 15.3 Å². The predicted molar refractivity (Wildman–Crippen MR) is 78.9 cm³/mol. The van der Waals surface area contributed by atoms with Gasteiger partial charge in [0.1, 0.15) is 5.82 Å². The number of nitrogens with one attached hydrogen (secondary N) is 1. The second-order valence-electron chi connectivity index (χ2n) is 6.16. The molecule has 3 heteroatoms. The van der Waals surface area contributed by atoms with Gasteiger partial charge in [-0.3, -0.25) is 0 Å². The molecule has 0 amide bonds. The van der Waals surface area contributed by atoms with Gasteiger partial charge in [0, 0.05) is 31.9 Å². The maximum Gasteiger partial charge on any atom is 0.123 e. The van der Waals surface area contributed by atoms with E-state index in [-0.39, 0.29) is 5.82 Å². The first-order valence-electron chi connectivity index (χ1n) is 7.20. The van der Waals surface area contributed by atoms with E-state index in [1.807, 2.05) is 6.07 Å². The average Bonchev–Trinajstić information content (AvgIpc) is 3.02. The largest absolute Gasteiger partial charge is 0.374 e. The summed E-state index contributed by atoms with van der Waals surface area (Å²) in [7, 11) is 2.11. The first-order chi connectivity index (χ1) is 8.97. The molecule has 0 spiro atoms. The van der Waals surface area contributed by atoms with Gasteiger partial charge >= 0.3 is 0 Å². The van der Waals surface area contributed by atoms with Crippen LogP contribution < -0.4 is 10.2 Å². The van der Waals surface area contributed by atoms with E-state index in [9.17, 15) is 4.39 Å². The molecule has 1 aliphatic rings. The summed E-state index contributed by atoms with van der Waals surface area (Å²) in [4.78, 5) is 2.27. The Morgan fingerprint density at radius 2 is 2.11 bits per heavy atom. The van der Waals surface area contributed by atoms with Crippen LogP contribution in [0.25, 0.3) is 0 Å². The lowest BCUT2D eigenvalue weighted by atomic mass is 10.1. The molecule has 2 nitrogen and oxygen atoms in total. The molecule has 1 N–H and O–H groups in total. The quantitative estimate of drug-likeness (QED) is 0.847. The fourth-order valence-electron chi connectivity index (χ4n) is 2.49. The highest BCUT2D eigenvalue weighted by atomic mass is 19.1. The summed E-state index contributed by atoms with van der Waals surface area (Å²) in [5.74, 6) is 1.50. The van der Waals surface area contributed by atoms with E-state index in [2.05, 4.69) is 38.0 Å². The second kappa shape index (κ2) is 5.91. The van der Waals surface area contributed by atoms with Crippen molar-refractivity contribution in [1.29, 1.82) is 0 Å². The molecule has 0 radical (unpaired) electrons. The molecule has 0 bridgehead atoms. The number of hydrogen-bond acceptors (Lipinski definition) is 2. The lowest BCUT2D eigenvalue weighted by molar-refractivity contribution is 0.580. The molecule has 1 aromatic rings. The first-order valence-corrected chi connectivity index (χ1v) is 7.20. The van der Waals surface area contributed by atoms with Crippen LogP contribution in [0.3, 0.4) is 0 Å². The monoisotopic (exact) mass is 264 g/mol. The molecule has 0 aromatic heterocycles. The van der Waals surface area contributed by atoms with Crippen LogP contribution in [0.5, 0.6) is 0 Å². The highest BCUT2D eigenvalue weighted by molar-refractivity contribution is 5.53. The number of halogens is 1. The van der Waals surface area contributed by atoms with E-state index in [0.717, 1.165) is 36.2 Å². The van der Waals surface area contributed by atoms with Crippen molar-refractivity contribution in [3.63, 3.8) is 0 Å². The maximum atomic E-state index is 13.4. The number of rotatable bonds is 6. The van der Waals surface area contributed by atoms with Crippen molar-refractivity contribution >= 4 is 5.69 Å². The molecule has 1 saturated carbocycles. The summed E-state index contributed by atoms with van der Waals surface area (Å²) >= 11 is 0. The predicted octanol–water partition coefficient (Wildman–Crippen LogP) is 3.42. The highest BCUT2D eigenvalue weighted by Crippen LogP contribution is 2.39. The zero-order valence-electron chi connectivity index (χ0n) is 12.4. The van der Waals surface area contributed by atoms with E-state index < -0.39 is 0 Å². The van der Waals surface area contributed by atoms with E-state index in [1.54, 1.807) is 12.1 Å². The van der Waals surface area contributed by atoms with Crippen molar-refractivity contribution in [2.75, 3.05) is 18.5 Å². The molecule has 1 aliphatic carbocycles. The fraction of sp³-hybridized carbons (Fsp3) is 0.625. The maximum absolute atomic E-state index is 13.4. The Balaban J connectivity index is 2.08. The lowest BCUT2D eigenvalue weighted by Gasteiger charge is -2.23. The Kier molecular flexibility index (Phi) is 4.46. The van der Waals surface area contributed by atoms with Gasteiger partial charge in [0.2, 0.25) is 0 Å². The second-order valence-corrected chi connectivity index (χ2v) is 6.16. The molecule has 1 fully saturated rings. The first kappa shape index (κ1) is 14.3.